The molecule has 4 rings (SSSR count). The van der Waals surface area contributed by atoms with E-state index < -0.39 is 11.7 Å². The zero-order chi connectivity index (χ0) is 21.8. The minimum absolute atomic E-state index is 0.00825. The summed E-state index contributed by atoms with van der Waals surface area (Å²) >= 11 is 1.66. The van der Waals surface area contributed by atoms with Gasteiger partial charge in [-0.15, -0.1) is 11.3 Å². The lowest BCUT2D eigenvalue weighted by molar-refractivity contribution is 0.0886. The molecule has 0 spiro atoms. The molecule has 0 radical (unpaired) electrons. The summed E-state index contributed by atoms with van der Waals surface area (Å²) in [6.45, 7) is 5.19. The Hall–Kier alpha value is -2.77. The number of halogens is 2. The summed E-state index contributed by atoms with van der Waals surface area (Å²) in [5, 5.41) is 5.03. The van der Waals surface area contributed by atoms with E-state index in [1.165, 1.54) is 24.3 Å². The van der Waals surface area contributed by atoms with E-state index in [1.54, 1.807) is 35.6 Å². The first-order valence-electron chi connectivity index (χ1n) is 10.4. The molecule has 1 saturated heterocycles. The number of rotatable bonds is 6. The van der Waals surface area contributed by atoms with Crippen LogP contribution in [-0.2, 0) is 0 Å². The van der Waals surface area contributed by atoms with Gasteiger partial charge in [-0.3, -0.25) is 9.69 Å². The smallest absolute Gasteiger partial charge is 0.254 e. The Morgan fingerprint density at radius 1 is 0.968 bits per heavy atom. The molecule has 0 saturated carbocycles. The molecular formula is C24H25F2N3OS. The van der Waals surface area contributed by atoms with Crippen LogP contribution in [0.3, 0.4) is 0 Å². The number of hydrogen-bond acceptors (Lipinski definition) is 4. The monoisotopic (exact) mass is 441 g/mol. The summed E-state index contributed by atoms with van der Waals surface area (Å²) in [5.41, 5.74) is 1.06. The molecule has 1 aromatic heterocycles. The first kappa shape index (κ1) is 21.5. The van der Waals surface area contributed by atoms with Crippen LogP contribution in [0, 0.1) is 11.6 Å². The largest absolute Gasteiger partial charge is 0.369 e. The van der Waals surface area contributed by atoms with Crippen LogP contribution >= 0.6 is 11.3 Å². The standard InChI is InChI=1S/C24H25F2N3OS/c1-17(27-24(30)20-5-2-3-6-21(20)26)23(22-7-4-16-31-22)29-14-12-28(13-15-29)19-10-8-18(25)9-11-19/h2-11,16-17,23H,12-15H2,1H3,(H,27,30)/t17-,23-/m0/s1. The van der Waals surface area contributed by atoms with Gasteiger partial charge in [0.15, 0.2) is 0 Å². The summed E-state index contributed by atoms with van der Waals surface area (Å²) < 4.78 is 27.3. The van der Waals surface area contributed by atoms with E-state index >= 15 is 0 Å². The van der Waals surface area contributed by atoms with Crippen LogP contribution in [0.25, 0.3) is 0 Å². The molecule has 1 aliphatic heterocycles. The van der Waals surface area contributed by atoms with Gasteiger partial charge in [0.25, 0.3) is 5.91 Å². The zero-order valence-electron chi connectivity index (χ0n) is 17.3. The van der Waals surface area contributed by atoms with Crippen LogP contribution in [0.2, 0.25) is 0 Å². The Kier molecular flexibility index (Phi) is 6.63. The van der Waals surface area contributed by atoms with Gasteiger partial charge in [-0.05, 0) is 54.8 Å². The van der Waals surface area contributed by atoms with Crippen molar-refractivity contribution >= 4 is 22.9 Å². The Morgan fingerprint density at radius 3 is 2.32 bits per heavy atom. The fourth-order valence-corrected chi connectivity index (χ4v) is 5.09. The molecule has 162 valence electrons. The van der Waals surface area contributed by atoms with E-state index in [2.05, 4.69) is 21.2 Å². The van der Waals surface area contributed by atoms with Crippen molar-refractivity contribution in [1.82, 2.24) is 10.2 Å². The van der Waals surface area contributed by atoms with Gasteiger partial charge >= 0.3 is 0 Å². The number of anilines is 1. The quantitative estimate of drug-likeness (QED) is 0.602. The lowest BCUT2D eigenvalue weighted by atomic mass is 10.0. The first-order valence-corrected chi connectivity index (χ1v) is 11.2. The number of carbonyl (C=O) groups is 1. The second-order valence-corrected chi connectivity index (χ2v) is 8.68. The maximum absolute atomic E-state index is 14.1. The number of thiophene rings is 1. The fourth-order valence-electron chi connectivity index (χ4n) is 4.12. The molecule has 2 heterocycles. The maximum Gasteiger partial charge on any atom is 0.254 e. The van der Waals surface area contributed by atoms with Gasteiger partial charge in [-0.2, -0.15) is 0 Å². The molecule has 0 aliphatic carbocycles. The van der Waals surface area contributed by atoms with Crippen LogP contribution in [0.15, 0.2) is 66.0 Å². The Balaban J connectivity index is 1.47. The van der Waals surface area contributed by atoms with Crippen molar-refractivity contribution in [1.29, 1.82) is 0 Å². The van der Waals surface area contributed by atoms with Gasteiger partial charge < -0.3 is 10.2 Å². The molecule has 4 nitrogen and oxygen atoms in total. The summed E-state index contributed by atoms with van der Waals surface area (Å²) in [4.78, 5) is 18.5. The van der Waals surface area contributed by atoms with Gasteiger partial charge in [0.1, 0.15) is 11.6 Å². The molecule has 1 fully saturated rings. The second-order valence-electron chi connectivity index (χ2n) is 7.70. The van der Waals surface area contributed by atoms with E-state index in [0.29, 0.717) is 0 Å². The Bertz CT molecular complexity index is 1000. The van der Waals surface area contributed by atoms with Crippen molar-refractivity contribution in [2.75, 3.05) is 31.1 Å². The van der Waals surface area contributed by atoms with Gasteiger partial charge in [-0.25, -0.2) is 8.78 Å². The lowest BCUT2D eigenvalue weighted by Crippen LogP contribution is -2.52. The molecule has 7 heteroatoms. The number of nitrogens with one attached hydrogen (secondary N) is 1. The minimum atomic E-state index is -0.521. The first-order chi connectivity index (χ1) is 15.0. The molecule has 0 bridgehead atoms. The average molecular weight is 442 g/mol. The van der Waals surface area contributed by atoms with Crippen LogP contribution in [0.5, 0.6) is 0 Å². The van der Waals surface area contributed by atoms with E-state index in [-0.39, 0.29) is 23.5 Å². The van der Waals surface area contributed by atoms with Crippen molar-refractivity contribution in [2.45, 2.75) is 19.0 Å². The summed E-state index contributed by atoms with van der Waals surface area (Å²) in [6.07, 6.45) is 0. The molecule has 2 atom stereocenters. The lowest BCUT2D eigenvalue weighted by Gasteiger charge is -2.42. The van der Waals surface area contributed by atoms with Crippen molar-refractivity contribution in [3.63, 3.8) is 0 Å². The van der Waals surface area contributed by atoms with Gasteiger partial charge in [-0.1, -0.05) is 18.2 Å². The average Bonchev–Trinajstić information content (AvgIpc) is 3.29. The van der Waals surface area contributed by atoms with Gasteiger partial charge in [0, 0.05) is 42.8 Å². The predicted octanol–water partition coefficient (Wildman–Crippen LogP) is 4.71. The highest BCUT2D eigenvalue weighted by Crippen LogP contribution is 2.30. The molecule has 1 N–H and O–H groups in total. The van der Waals surface area contributed by atoms with Crippen molar-refractivity contribution in [3.8, 4) is 0 Å². The van der Waals surface area contributed by atoms with Gasteiger partial charge in [0.2, 0.25) is 0 Å². The second kappa shape index (κ2) is 9.58. The Labute approximate surface area is 185 Å². The SMILES string of the molecule is C[C@H](NC(=O)c1ccccc1F)[C@@H](c1cccs1)N1CCN(c2ccc(F)cc2)CC1. The molecule has 31 heavy (non-hydrogen) atoms. The summed E-state index contributed by atoms with van der Waals surface area (Å²) in [6, 6.07) is 16.5. The third kappa shape index (κ3) is 4.94. The Morgan fingerprint density at radius 2 is 1.68 bits per heavy atom. The van der Waals surface area contributed by atoms with E-state index in [1.807, 2.05) is 18.4 Å². The summed E-state index contributed by atoms with van der Waals surface area (Å²) in [7, 11) is 0. The van der Waals surface area contributed by atoms with Crippen molar-refractivity contribution < 1.29 is 13.6 Å². The topological polar surface area (TPSA) is 35.6 Å². The normalized spacial score (nSPS) is 16.7. The third-order valence-corrected chi connectivity index (χ3v) is 6.63. The van der Waals surface area contributed by atoms with Crippen LogP contribution in [-0.4, -0.2) is 43.0 Å². The highest BCUT2D eigenvalue weighted by Gasteiger charge is 2.31. The van der Waals surface area contributed by atoms with Gasteiger partial charge in [0.05, 0.1) is 11.6 Å². The molecule has 1 aliphatic rings. The third-order valence-electron chi connectivity index (χ3n) is 5.68. The molecule has 3 aromatic rings. The van der Waals surface area contributed by atoms with Crippen LogP contribution in [0.4, 0.5) is 14.5 Å². The van der Waals surface area contributed by atoms with Crippen molar-refractivity contribution in [2.24, 2.45) is 0 Å². The number of benzene rings is 2. The fraction of sp³-hybridized carbons (Fsp3) is 0.292. The number of carbonyl (C=O) groups excluding carboxylic acids is 1. The molecule has 2 aromatic carbocycles. The van der Waals surface area contributed by atoms with Crippen LogP contribution in [0.1, 0.15) is 28.2 Å². The highest BCUT2D eigenvalue weighted by atomic mass is 32.1. The number of hydrogen-bond donors (Lipinski definition) is 1. The van der Waals surface area contributed by atoms with Crippen LogP contribution < -0.4 is 10.2 Å². The highest BCUT2D eigenvalue weighted by molar-refractivity contribution is 7.10. The maximum atomic E-state index is 14.1. The zero-order valence-corrected chi connectivity index (χ0v) is 18.1. The number of amides is 1. The molecule has 0 unspecified atom stereocenters. The number of nitrogens with zero attached hydrogens (tertiary/aromatic N) is 2. The summed E-state index contributed by atoms with van der Waals surface area (Å²) in [5.74, 6) is -1.16. The minimum Gasteiger partial charge on any atom is -0.369 e. The van der Waals surface area contributed by atoms with E-state index in [4.69, 9.17) is 0 Å². The van der Waals surface area contributed by atoms with E-state index in [0.717, 1.165) is 36.7 Å². The predicted molar refractivity (Wildman–Crippen MR) is 121 cm³/mol. The number of piperazine rings is 1. The molecular weight excluding hydrogens is 416 g/mol. The van der Waals surface area contributed by atoms with Crippen molar-refractivity contribution in [3.05, 3.63) is 88.1 Å². The molecule has 1 amide bonds. The van der Waals surface area contributed by atoms with E-state index in [9.17, 15) is 13.6 Å².